The Morgan fingerprint density at radius 3 is 1.92 bits per heavy atom. The average molecular weight is 353 g/mol. The van der Waals surface area contributed by atoms with Gasteiger partial charge >= 0.3 is 0 Å². The fraction of sp³-hybridized carbons (Fsp3) is 0.105. The second-order valence-corrected chi connectivity index (χ2v) is 7.48. The zero-order valence-electron chi connectivity index (χ0n) is 12.8. The van der Waals surface area contributed by atoms with Gasteiger partial charge in [-0.2, -0.15) is 0 Å². The number of carbonyl (C=O) groups is 1. The highest BCUT2D eigenvalue weighted by molar-refractivity contribution is 7.17. The highest BCUT2D eigenvalue weighted by Crippen LogP contribution is 2.39. The van der Waals surface area contributed by atoms with E-state index in [1.54, 1.807) is 22.7 Å². The van der Waals surface area contributed by atoms with Gasteiger partial charge in [0.2, 0.25) is 6.41 Å². The molecule has 0 spiro atoms. The minimum Gasteiger partial charge on any atom is -0.286 e. The molecule has 5 heteroatoms. The minimum absolute atomic E-state index is 0.0625. The van der Waals surface area contributed by atoms with Gasteiger partial charge in [-0.05, 0) is 44.8 Å². The molecule has 2 aromatic heterocycles. The molecule has 0 aliphatic rings. The second kappa shape index (κ2) is 6.36. The Bertz CT molecular complexity index is 931. The van der Waals surface area contributed by atoms with Crippen LogP contribution in [-0.2, 0) is 4.79 Å². The van der Waals surface area contributed by atoms with Crippen molar-refractivity contribution in [1.29, 1.82) is 0 Å². The van der Waals surface area contributed by atoms with Crippen LogP contribution in [0.1, 0.15) is 17.0 Å². The molecule has 4 rings (SSSR count). The van der Waals surface area contributed by atoms with Crippen molar-refractivity contribution in [3.05, 3.63) is 70.4 Å². The number of benzene rings is 2. The number of rotatable bonds is 5. The Kier molecular flexibility index (Phi) is 4.06. The molecule has 1 N–H and O–H groups in total. The lowest BCUT2D eigenvalue weighted by atomic mass is 9.90. The molecular weight excluding hydrogens is 338 g/mol. The normalized spacial score (nSPS) is 11.4. The molecule has 0 atom stereocenters. The molecule has 120 valence electrons. The van der Waals surface area contributed by atoms with Crippen molar-refractivity contribution < 1.29 is 10.0 Å². The predicted molar refractivity (Wildman–Crippen MR) is 100 cm³/mol. The van der Waals surface area contributed by atoms with Crippen LogP contribution < -0.4 is 0 Å². The highest BCUT2D eigenvalue weighted by Gasteiger charge is 2.23. The Balaban J connectivity index is 1.90. The molecule has 0 aliphatic carbocycles. The quantitative estimate of drug-likeness (QED) is 0.308. The summed E-state index contributed by atoms with van der Waals surface area (Å²) in [6.07, 6.45) is 0.468. The SMILES string of the molecule is O=CN(O)CC(c1csc2ccccc12)c1csc2ccccc12. The van der Waals surface area contributed by atoms with Gasteiger partial charge in [0.1, 0.15) is 0 Å². The fourth-order valence-corrected chi connectivity index (χ4v) is 5.16. The molecule has 0 fully saturated rings. The van der Waals surface area contributed by atoms with Crippen molar-refractivity contribution in [2.24, 2.45) is 0 Å². The first-order valence-electron chi connectivity index (χ1n) is 7.61. The first kappa shape index (κ1) is 15.3. The third-order valence-electron chi connectivity index (χ3n) is 4.26. The molecule has 0 bridgehead atoms. The van der Waals surface area contributed by atoms with E-state index in [4.69, 9.17) is 0 Å². The maximum absolute atomic E-state index is 11.0. The number of hydroxylamine groups is 2. The van der Waals surface area contributed by atoms with Crippen LogP contribution >= 0.6 is 22.7 Å². The van der Waals surface area contributed by atoms with Crippen molar-refractivity contribution in [2.45, 2.75) is 5.92 Å². The van der Waals surface area contributed by atoms with Gasteiger partial charge in [-0.15, -0.1) is 22.7 Å². The lowest BCUT2D eigenvalue weighted by Crippen LogP contribution is -2.24. The van der Waals surface area contributed by atoms with E-state index < -0.39 is 0 Å². The molecule has 24 heavy (non-hydrogen) atoms. The molecule has 2 heterocycles. The lowest BCUT2D eigenvalue weighted by molar-refractivity contribution is -0.150. The monoisotopic (exact) mass is 353 g/mol. The zero-order chi connectivity index (χ0) is 16.5. The van der Waals surface area contributed by atoms with Gasteiger partial charge in [0.15, 0.2) is 0 Å². The van der Waals surface area contributed by atoms with Crippen molar-refractivity contribution in [3.63, 3.8) is 0 Å². The number of hydrogen-bond donors (Lipinski definition) is 1. The van der Waals surface area contributed by atoms with Crippen molar-refractivity contribution in [1.82, 2.24) is 5.06 Å². The average Bonchev–Trinajstić information content (AvgIpc) is 3.24. The largest absolute Gasteiger partial charge is 0.286 e. The summed E-state index contributed by atoms with van der Waals surface area (Å²) >= 11 is 3.39. The maximum Gasteiger partial charge on any atom is 0.233 e. The van der Waals surface area contributed by atoms with Crippen LogP contribution in [0.3, 0.4) is 0 Å². The molecule has 0 unspecified atom stereocenters. The van der Waals surface area contributed by atoms with E-state index in [9.17, 15) is 10.0 Å². The summed E-state index contributed by atoms with van der Waals surface area (Å²) in [5.41, 5.74) is 2.31. The molecule has 0 saturated carbocycles. The smallest absolute Gasteiger partial charge is 0.233 e. The first-order valence-corrected chi connectivity index (χ1v) is 9.37. The van der Waals surface area contributed by atoms with Gasteiger partial charge < -0.3 is 0 Å². The van der Waals surface area contributed by atoms with Crippen molar-refractivity contribution >= 4 is 49.3 Å². The number of thiophene rings is 2. The van der Waals surface area contributed by atoms with Crippen LogP contribution in [0.2, 0.25) is 0 Å². The third-order valence-corrected chi connectivity index (χ3v) is 6.23. The number of nitrogens with zero attached hydrogens (tertiary/aromatic N) is 1. The zero-order valence-corrected chi connectivity index (χ0v) is 14.4. The van der Waals surface area contributed by atoms with Gasteiger partial charge in [0.25, 0.3) is 0 Å². The number of amides is 1. The fourth-order valence-electron chi connectivity index (χ4n) is 3.13. The van der Waals surface area contributed by atoms with Crippen molar-refractivity contribution in [3.8, 4) is 0 Å². The first-order chi connectivity index (χ1) is 11.8. The van der Waals surface area contributed by atoms with Gasteiger partial charge in [-0.1, -0.05) is 36.4 Å². The number of fused-ring (bicyclic) bond motifs is 2. The summed E-state index contributed by atoms with van der Waals surface area (Å²) in [7, 11) is 0. The number of carbonyl (C=O) groups excluding carboxylic acids is 1. The van der Waals surface area contributed by atoms with Gasteiger partial charge in [0, 0.05) is 15.3 Å². The second-order valence-electron chi connectivity index (χ2n) is 5.65. The van der Waals surface area contributed by atoms with E-state index in [-0.39, 0.29) is 12.5 Å². The highest BCUT2D eigenvalue weighted by atomic mass is 32.1. The summed E-state index contributed by atoms with van der Waals surface area (Å²) in [5, 5.41) is 17.2. The number of hydrogen-bond acceptors (Lipinski definition) is 4. The summed E-state index contributed by atoms with van der Waals surface area (Å²) in [6, 6.07) is 16.5. The Morgan fingerprint density at radius 1 is 0.917 bits per heavy atom. The summed E-state index contributed by atoms with van der Waals surface area (Å²) in [5.74, 6) is -0.0625. The lowest BCUT2D eigenvalue weighted by Gasteiger charge is -2.20. The predicted octanol–water partition coefficient (Wildman–Crippen LogP) is 5.10. The molecule has 2 aromatic carbocycles. The maximum atomic E-state index is 11.0. The van der Waals surface area contributed by atoms with E-state index in [0.717, 1.165) is 16.2 Å². The molecule has 0 radical (unpaired) electrons. The van der Waals surface area contributed by atoms with Crippen LogP contribution in [0.25, 0.3) is 20.2 Å². The van der Waals surface area contributed by atoms with Crippen LogP contribution in [0.4, 0.5) is 0 Å². The van der Waals surface area contributed by atoms with Gasteiger partial charge in [0.05, 0.1) is 6.54 Å². The van der Waals surface area contributed by atoms with E-state index >= 15 is 0 Å². The Labute approximate surface area is 147 Å². The molecule has 4 aromatic rings. The van der Waals surface area contributed by atoms with Crippen LogP contribution in [-0.4, -0.2) is 23.2 Å². The van der Waals surface area contributed by atoms with Crippen molar-refractivity contribution in [2.75, 3.05) is 6.54 Å². The summed E-state index contributed by atoms with van der Waals surface area (Å²) in [6.45, 7) is 0.241. The summed E-state index contributed by atoms with van der Waals surface area (Å²) in [4.78, 5) is 11.0. The van der Waals surface area contributed by atoms with Gasteiger partial charge in [-0.25, -0.2) is 5.06 Å². The molecule has 1 amide bonds. The molecular formula is C19H15NO2S2. The third kappa shape index (κ3) is 2.60. The van der Waals surface area contributed by atoms with Crippen LogP contribution in [0, 0.1) is 0 Å². The van der Waals surface area contributed by atoms with E-state index in [1.807, 2.05) is 24.3 Å². The van der Waals surface area contributed by atoms with Crippen LogP contribution in [0.15, 0.2) is 59.3 Å². The van der Waals surface area contributed by atoms with E-state index in [1.165, 1.54) is 20.2 Å². The Hall–Kier alpha value is -2.21. The Morgan fingerprint density at radius 2 is 1.42 bits per heavy atom. The molecule has 0 saturated heterocycles. The van der Waals surface area contributed by atoms with E-state index in [2.05, 4.69) is 35.0 Å². The van der Waals surface area contributed by atoms with Gasteiger partial charge in [-0.3, -0.25) is 10.0 Å². The van der Waals surface area contributed by atoms with E-state index in [0.29, 0.717) is 6.41 Å². The summed E-state index contributed by atoms with van der Waals surface area (Å²) < 4.78 is 2.43. The van der Waals surface area contributed by atoms with Crippen LogP contribution in [0.5, 0.6) is 0 Å². The molecule has 3 nitrogen and oxygen atoms in total. The minimum atomic E-state index is -0.0625. The molecule has 0 aliphatic heterocycles. The standard InChI is InChI=1S/C19H15NO2S2/c21-12-20(22)9-15(16-10-23-18-7-3-1-5-13(16)18)17-11-24-19-8-4-2-6-14(17)19/h1-8,10-12,15,22H,9H2. The topological polar surface area (TPSA) is 40.5 Å².